The maximum Gasteiger partial charge on any atom is 0.127 e. The maximum absolute atomic E-state index is 6.25. The van der Waals surface area contributed by atoms with Gasteiger partial charge in [0, 0.05) is 42.9 Å². The van der Waals surface area contributed by atoms with Crippen molar-refractivity contribution in [3.05, 3.63) is 23.5 Å². The summed E-state index contributed by atoms with van der Waals surface area (Å²) in [5.74, 6) is 0.963. The van der Waals surface area contributed by atoms with Crippen molar-refractivity contribution in [1.82, 2.24) is 10.3 Å². The molecule has 4 heteroatoms. The molecule has 1 saturated heterocycles. The summed E-state index contributed by atoms with van der Waals surface area (Å²) in [5, 5.41) is 3.33. The monoisotopic (exact) mass is 278 g/mol. The lowest BCUT2D eigenvalue weighted by molar-refractivity contribution is -0.0723. The van der Waals surface area contributed by atoms with Gasteiger partial charge in [-0.1, -0.05) is 6.92 Å². The number of aryl methyl sites for hydroxylation is 1. The second-order valence-corrected chi connectivity index (χ2v) is 5.68. The molecule has 1 aromatic heterocycles. The van der Waals surface area contributed by atoms with Gasteiger partial charge >= 0.3 is 0 Å². The van der Waals surface area contributed by atoms with E-state index in [1.165, 1.54) is 0 Å². The van der Waals surface area contributed by atoms with Crippen LogP contribution < -0.4 is 10.1 Å². The number of ether oxygens (including phenoxy) is 2. The Kier molecular flexibility index (Phi) is 5.38. The number of nitrogens with zero attached hydrogens (tertiary/aromatic N) is 1. The van der Waals surface area contributed by atoms with Crippen LogP contribution in [0.3, 0.4) is 0 Å². The Labute approximate surface area is 121 Å². The van der Waals surface area contributed by atoms with Crippen LogP contribution in [-0.2, 0) is 11.3 Å². The molecule has 2 rings (SSSR count). The fourth-order valence-corrected chi connectivity index (χ4v) is 2.69. The van der Waals surface area contributed by atoms with E-state index in [1.807, 2.05) is 19.2 Å². The second kappa shape index (κ2) is 7.04. The van der Waals surface area contributed by atoms with Crippen LogP contribution in [0, 0.1) is 6.92 Å². The molecule has 0 aliphatic carbocycles. The van der Waals surface area contributed by atoms with Crippen molar-refractivity contribution in [3.8, 4) is 5.75 Å². The maximum atomic E-state index is 6.25. The highest BCUT2D eigenvalue weighted by Gasteiger charge is 2.26. The largest absolute Gasteiger partial charge is 0.490 e. The highest BCUT2D eigenvalue weighted by atomic mass is 16.5. The average Bonchev–Trinajstić information content (AvgIpc) is 2.36. The Morgan fingerprint density at radius 2 is 2.05 bits per heavy atom. The van der Waals surface area contributed by atoms with Crippen LogP contribution in [0.5, 0.6) is 5.75 Å². The summed E-state index contributed by atoms with van der Waals surface area (Å²) in [5.41, 5.74) is 2.12. The third-order valence-corrected chi connectivity index (χ3v) is 3.59. The molecule has 4 nitrogen and oxygen atoms in total. The fourth-order valence-electron chi connectivity index (χ4n) is 2.69. The van der Waals surface area contributed by atoms with E-state index in [0.29, 0.717) is 0 Å². The quantitative estimate of drug-likeness (QED) is 0.899. The minimum atomic E-state index is 0.232. The Hall–Kier alpha value is -1.13. The summed E-state index contributed by atoms with van der Waals surface area (Å²) in [6.07, 6.45) is 4.59. The molecule has 0 saturated carbocycles. The molecule has 0 amide bonds. The van der Waals surface area contributed by atoms with Gasteiger partial charge in [-0.15, -0.1) is 0 Å². The Morgan fingerprint density at radius 1 is 1.35 bits per heavy atom. The molecular weight excluding hydrogens is 252 g/mol. The highest BCUT2D eigenvalue weighted by Crippen LogP contribution is 2.26. The van der Waals surface area contributed by atoms with E-state index in [0.717, 1.165) is 42.9 Å². The van der Waals surface area contributed by atoms with E-state index in [9.17, 15) is 0 Å². The number of hydrogen-bond donors (Lipinski definition) is 1. The summed E-state index contributed by atoms with van der Waals surface area (Å²) in [6.45, 7) is 10.1. The minimum absolute atomic E-state index is 0.232. The van der Waals surface area contributed by atoms with Gasteiger partial charge in [0.15, 0.2) is 0 Å². The molecule has 0 bridgehead atoms. The third kappa shape index (κ3) is 4.18. The van der Waals surface area contributed by atoms with Crippen LogP contribution in [0.15, 0.2) is 12.3 Å². The Bertz CT molecular complexity index is 426. The molecule has 112 valence electrons. The van der Waals surface area contributed by atoms with Crippen LogP contribution in [0.4, 0.5) is 0 Å². The Morgan fingerprint density at radius 3 is 2.70 bits per heavy atom. The van der Waals surface area contributed by atoms with Gasteiger partial charge in [0.2, 0.25) is 0 Å². The molecule has 0 aromatic carbocycles. The SMILES string of the molecule is CCNCc1cnc(C)cc1OC1CC(C)OC(C)C1. The lowest BCUT2D eigenvalue weighted by Crippen LogP contribution is -2.36. The molecule has 0 spiro atoms. The zero-order valence-electron chi connectivity index (χ0n) is 13.0. The van der Waals surface area contributed by atoms with E-state index in [2.05, 4.69) is 31.1 Å². The van der Waals surface area contributed by atoms with E-state index < -0.39 is 0 Å². The van der Waals surface area contributed by atoms with Gasteiger partial charge in [0.05, 0.1) is 12.2 Å². The first kappa shape index (κ1) is 15.3. The summed E-state index contributed by atoms with van der Waals surface area (Å²) in [6, 6.07) is 2.04. The van der Waals surface area contributed by atoms with Crippen molar-refractivity contribution in [2.75, 3.05) is 6.54 Å². The van der Waals surface area contributed by atoms with Gasteiger partial charge < -0.3 is 14.8 Å². The molecule has 1 aliphatic rings. The van der Waals surface area contributed by atoms with Crippen LogP contribution in [0.25, 0.3) is 0 Å². The van der Waals surface area contributed by atoms with Gasteiger partial charge in [-0.25, -0.2) is 0 Å². The number of nitrogens with one attached hydrogen (secondary N) is 1. The lowest BCUT2D eigenvalue weighted by atomic mass is 10.0. The zero-order valence-corrected chi connectivity index (χ0v) is 13.0. The first-order valence-corrected chi connectivity index (χ1v) is 7.56. The predicted molar refractivity (Wildman–Crippen MR) is 80.0 cm³/mol. The Balaban J connectivity index is 2.08. The van der Waals surface area contributed by atoms with Gasteiger partial charge in [-0.3, -0.25) is 4.98 Å². The first-order chi connectivity index (χ1) is 9.58. The zero-order chi connectivity index (χ0) is 14.5. The fraction of sp³-hybridized carbons (Fsp3) is 0.688. The summed E-state index contributed by atoms with van der Waals surface area (Å²) < 4.78 is 12.0. The smallest absolute Gasteiger partial charge is 0.127 e. The summed E-state index contributed by atoms with van der Waals surface area (Å²) >= 11 is 0. The van der Waals surface area contributed by atoms with Crippen LogP contribution in [0.1, 0.15) is 44.9 Å². The van der Waals surface area contributed by atoms with Crippen molar-refractivity contribution in [2.45, 2.75) is 65.4 Å². The topological polar surface area (TPSA) is 43.4 Å². The summed E-state index contributed by atoms with van der Waals surface area (Å²) in [4.78, 5) is 4.37. The van der Waals surface area contributed by atoms with E-state index in [4.69, 9.17) is 9.47 Å². The van der Waals surface area contributed by atoms with E-state index in [-0.39, 0.29) is 18.3 Å². The second-order valence-electron chi connectivity index (χ2n) is 5.68. The van der Waals surface area contributed by atoms with Crippen molar-refractivity contribution >= 4 is 0 Å². The van der Waals surface area contributed by atoms with Crippen molar-refractivity contribution < 1.29 is 9.47 Å². The molecule has 2 atom stereocenters. The van der Waals surface area contributed by atoms with Gasteiger partial charge in [-0.2, -0.15) is 0 Å². The molecule has 1 N–H and O–H groups in total. The molecule has 2 unspecified atom stereocenters. The molecule has 1 fully saturated rings. The van der Waals surface area contributed by atoms with E-state index in [1.54, 1.807) is 0 Å². The average molecular weight is 278 g/mol. The number of pyridine rings is 1. The number of hydrogen-bond acceptors (Lipinski definition) is 4. The van der Waals surface area contributed by atoms with E-state index >= 15 is 0 Å². The predicted octanol–water partition coefficient (Wildman–Crippen LogP) is 2.83. The molecule has 2 heterocycles. The number of rotatable bonds is 5. The van der Waals surface area contributed by atoms with Gasteiger partial charge in [-0.05, 0) is 27.3 Å². The molecule has 0 radical (unpaired) electrons. The van der Waals surface area contributed by atoms with Crippen LogP contribution >= 0.6 is 0 Å². The lowest BCUT2D eigenvalue weighted by Gasteiger charge is -2.32. The van der Waals surface area contributed by atoms with Crippen LogP contribution in [-0.4, -0.2) is 29.8 Å². The van der Waals surface area contributed by atoms with Gasteiger partial charge in [0.25, 0.3) is 0 Å². The normalized spacial score (nSPS) is 26.5. The first-order valence-electron chi connectivity index (χ1n) is 7.56. The molecular formula is C16H26N2O2. The van der Waals surface area contributed by atoms with Crippen molar-refractivity contribution in [3.63, 3.8) is 0 Å². The highest BCUT2D eigenvalue weighted by molar-refractivity contribution is 5.33. The third-order valence-electron chi connectivity index (χ3n) is 3.59. The van der Waals surface area contributed by atoms with Crippen LogP contribution in [0.2, 0.25) is 0 Å². The number of aromatic nitrogens is 1. The van der Waals surface area contributed by atoms with Crippen molar-refractivity contribution in [2.24, 2.45) is 0 Å². The summed E-state index contributed by atoms with van der Waals surface area (Å²) in [7, 11) is 0. The standard InChI is InChI=1S/C16H26N2O2/c1-5-17-9-14-10-18-11(2)6-16(14)20-15-7-12(3)19-13(4)8-15/h6,10,12-13,15,17H,5,7-9H2,1-4H3. The van der Waals surface area contributed by atoms with Crippen molar-refractivity contribution in [1.29, 1.82) is 0 Å². The molecule has 1 aliphatic heterocycles. The minimum Gasteiger partial charge on any atom is -0.490 e. The molecule has 1 aromatic rings. The molecule has 20 heavy (non-hydrogen) atoms. The van der Waals surface area contributed by atoms with Gasteiger partial charge in [0.1, 0.15) is 11.9 Å².